The summed E-state index contributed by atoms with van der Waals surface area (Å²) in [5.41, 5.74) is 0.151. The van der Waals surface area contributed by atoms with Gasteiger partial charge in [0.25, 0.3) is 11.1 Å². The maximum absolute atomic E-state index is 11.9. The van der Waals surface area contributed by atoms with Crippen LogP contribution in [0.25, 0.3) is 10.8 Å². The van der Waals surface area contributed by atoms with Crippen LogP contribution in [0, 0.1) is 5.92 Å². The highest BCUT2D eigenvalue weighted by molar-refractivity contribution is 5.92. The van der Waals surface area contributed by atoms with Gasteiger partial charge in [-0.05, 0) is 24.5 Å². The second kappa shape index (κ2) is 5.30. The predicted octanol–water partition coefficient (Wildman–Crippen LogP) is 2.06. The summed E-state index contributed by atoms with van der Waals surface area (Å²) in [7, 11) is 0. The van der Waals surface area contributed by atoms with Crippen molar-refractivity contribution in [3.8, 4) is 0 Å². The monoisotopic (exact) mass is 261 g/mol. The van der Waals surface area contributed by atoms with Crippen LogP contribution < -0.4 is 16.4 Å². The van der Waals surface area contributed by atoms with E-state index in [9.17, 15) is 9.59 Å². The van der Waals surface area contributed by atoms with Crippen LogP contribution in [0.1, 0.15) is 27.2 Å². The Balaban J connectivity index is 2.59. The number of benzene rings is 1. The highest BCUT2D eigenvalue weighted by Gasteiger charge is 2.14. The quantitative estimate of drug-likeness (QED) is 0.788. The van der Waals surface area contributed by atoms with Gasteiger partial charge in [0.1, 0.15) is 0 Å². The molecule has 1 heterocycles. The first-order chi connectivity index (χ1) is 9.04. The third-order valence-electron chi connectivity index (χ3n) is 3.41. The molecule has 0 bridgehead atoms. The Hall–Kier alpha value is -2.04. The molecule has 1 aromatic heterocycles. The molecule has 0 spiro atoms. The predicted molar refractivity (Wildman–Crippen MR) is 77.7 cm³/mol. The smallest absolute Gasteiger partial charge is 0.272 e. The number of anilines is 1. The lowest BCUT2D eigenvalue weighted by atomic mass is 10.0. The van der Waals surface area contributed by atoms with E-state index in [-0.39, 0.29) is 17.2 Å². The van der Waals surface area contributed by atoms with Gasteiger partial charge in [0.2, 0.25) is 0 Å². The van der Waals surface area contributed by atoms with E-state index in [2.05, 4.69) is 36.3 Å². The molecule has 19 heavy (non-hydrogen) atoms. The number of fused-ring (bicyclic) bond motifs is 1. The maximum atomic E-state index is 11.9. The molecule has 102 valence electrons. The summed E-state index contributed by atoms with van der Waals surface area (Å²) < 4.78 is 0. The molecule has 1 atom stereocenters. The minimum Gasteiger partial charge on any atom is -0.381 e. The minimum absolute atomic E-state index is 0.268. The normalized spacial score (nSPS) is 12.8. The molecule has 0 saturated carbocycles. The van der Waals surface area contributed by atoms with Gasteiger partial charge in [-0.25, -0.2) is 0 Å². The van der Waals surface area contributed by atoms with Crippen molar-refractivity contribution in [1.29, 1.82) is 0 Å². The second-order valence-corrected chi connectivity index (χ2v) is 5.04. The first-order valence-corrected chi connectivity index (χ1v) is 6.54. The average molecular weight is 261 g/mol. The number of hydrogen-bond acceptors (Lipinski definition) is 3. The van der Waals surface area contributed by atoms with Crippen LogP contribution in [-0.2, 0) is 0 Å². The SMILES string of the molecule is CCC(Nc1cccc2c(=O)[nH][nH]c(=O)c12)C(C)C. The molecule has 1 aromatic carbocycles. The average Bonchev–Trinajstić information content (AvgIpc) is 2.40. The zero-order chi connectivity index (χ0) is 14.0. The molecule has 0 aliphatic heterocycles. The van der Waals surface area contributed by atoms with E-state index < -0.39 is 0 Å². The van der Waals surface area contributed by atoms with E-state index in [1.165, 1.54) is 0 Å². The van der Waals surface area contributed by atoms with Gasteiger partial charge in [0.15, 0.2) is 0 Å². The molecule has 2 aromatic rings. The van der Waals surface area contributed by atoms with Gasteiger partial charge >= 0.3 is 0 Å². The number of H-pyrrole nitrogens is 2. The molecule has 0 fully saturated rings. The van der Waals surface area contributed by atoms with Crippen molar-refractivity contribution < 1.29 is 0 Å². The first-order valence-electron chi connectivity index (χ1n) is 6.54. The van der Waals surface area contributed by atoms with Gasteiger partial charge < -0.3 is 5.32 Å². The standard InChI is InChI=1S/C14H19N3O2/c1-4-10(8(2)3)15-11-7-5-6-9-12(11)14(19)17-16-13(9)18/h5-8,10,15H,4H2,1-3H3,(H,16,18)(H,17,19). The van der Waals surface area contributed by atoms with Gasteiger partial charge in [-0.2, -0.15) is 0 Å². The molecular weight excluding hydrogens is 242 g/mol. The van der Waals surface area contributed by atoms with Crippen molar-refractivity contribution in [2.75, 3.05) is 5.32 Å². The van der Waals surface area contributed by atoms with Gasteiger partial charge in [-0.1, -0.05) is 26.8 Å². The van der Waals surface area contributed by atoms with Crippen LogP contribution in [-0.4, -0.2) is 16.2 Å². The van der Waals surface area contributed by atoms with E-state index in [0.717, 1.165) is 6.42 Å². The lowest BCUT2D eigenvalue weighted by Gasteiger charge is -2.22. The number of rotatable bonds is 4. The molecule has 2 rings (SSSR count). The van der Waals surface area contributed by atoms with Crippen LogP contribution in [0.5, 0.6) is 0 Å². The van der Waals surface area contributed by atoms with Gasteiger partial charge in [0.05, 0.1) is 10.8 Å². The van der Waals surface area contributed by atoms with Crippen molar-refractivity contribution in [2.24, 2.45) is 5.92 Å². The molecule has 5 heteroatoms. The second-order valence-electron chi connectivity index (χ2n) is 5.04. The topological polar surface area (TPSA) is 77.8 Å². The van der Waals surface area contributed by atoms with Crippen molar-refractivity contribution in [3.63, 3.8) is 0 Å². The van der Waals surface area contributed by atoms with Crippen LogP contribution in [0.2, 0.25) is 0 Å². The molecule has 5 nitrogen and oxygen atoms in total. The Morgan fingerprint density at radius 2 is 1.84 bits per heavy atom. The number of hydrogen-bond donors (Lipinski definition) is 3. The molecule has 0 saturated heterocycles. The Morgan fingerprint density at radius 3 is 2.47 bits per heavy atom. The third kappa shape index (κ3) is 2.54. The molecule has 1 unspecified atom stereocenters. The van der Waals surface area contributed by atoms with Gasteiger partial charge in [-0.3, -0.25) is 19.8 Å². The summed E-state index contributed by atoms with van der Waals surface area (Å²) in [6, 6.07) is 5.55. The first kappa shape index (κ1) is 13.4. The molecule has 3 N–H and O–H groups in total. The maximum Gasteiger partial charge on any atom is 0.272 e. The summed E-state index contributed by atoms with van der Waals surface area (Å²) >= 11 is 0. The van der Waals surface area contributed by atoms with Crippen molar-refractivity contribution >= 4 is 16.5 Å². The van der Waals surface area contributed by atoms with Gasteiger partial charge in [-0.15, -0.1) is 0 Å². The summed E-state index contributed by atoms with van der Waals surface area (Å²) in [6.07, 6.45) is 0.954. The Bertz CT molecular complexity index is 685. The summed E-state index contributed by atoms with van der Waals surface area (Å²) in [5, 5.41) is 8.91. The third-order valence-corrected chi connectivity index (χ3v) is 3.41. The fourth-order valence-corrected chi connectivity index (χ4v) is 2.29. The fraction of sp³-hybridized carbons (Fsp3) is 0.429. The summed E-state index contributed by atoms with van der Waals surface area (Å²) in [6.45, 7) is 6.35. The van der Waals surface area contributed by atoms with Crippen LogP contribution in [0.4, 0.5) is 5.69 Å². The van der Waals surface area contributed by atoms with Gasteiger partial charge in [0, 0.05) is 11.7 Å². The van der Waals surface area contributed by atoms with Crippen molar-refractivity contribution in [2.45, 2.75) is 33.2 Å². The molecular formula is C14H19N3O2. The number of aromatic nitrogens is 2. The Morgan fingerprint density at radius 1 is 1.16 bits per heavy atom. The number of aromatic amines is 2. The summed E-state index contributed by atoms with van der Waals surface area (Å²) in [4.78, 5) is 23.6. The highest BCUT2D eigenvalue weighted by Crippen LogP contribution is 2.20. The Labute approximate surface area is 111 Å². The lowest BCUT2D eigenvalue weighted by molar-refractivity contribution is 0.511. The molecule has 0 aliphatic carbocycles. The molecule has 0 radical (unpaired) electrons. The van der Waals surface area contributed by atoms with E-state index in [0.29, 0.717) is 22.4 Å². The Kier molecular flexibility index (Phi) is 3.74. The highest BCUT2D eigenvalue weighted by atomic mass is 16.1. The summed E-state index contributed by atoms with van der Waals surface area (Å²) in [5.74, 6) is 0.446. The van der Waals surface area contributed by atoms with Crippen LogP contribution >= 0.6 is 0 Å². The molecule has 0 amide bonds. The minimum atomic E-state index is -0.282. The van der Waals surface area contributed by atoms with E-state index in [4.69, 9.17) is 0 Å². The number of nitrogens with one attached hydrogen (secondary N) is 3. The molecule has 0 aliphatic rings. The van der Waals surface area contributed by atoms with Crippen molar-refractivity contribution in [1.82, 2.24) is 10.2 Å². The van der Waals surface area contributed by atoms with Crippen molar-refractivity contribution in [3.05, 3.63) is 38.9 Å². The van der Waals surface area contributed by atoms with E-state index in [1.54, 1.807) is 12.1 Å². The van der Waals surface area contributed by atoms with Crippen LogP contribution in [0.15, 0.2) is 27.8 Å². The fourth-order valence-electron chi connectivity index (χ4n) is 2.29. The lowest BCUT2D eigenvalue weighted by Crippen LogP contribution is -2.26. The zero-order valence-electron chi connectivity index (χ0n) is 11.4. The van der Waals surface area contributed by atoms with Crippen LogP contribution in [0.3, 0.4) is 0 Å². The van der Waals surface area contributed by atoms with E-state index in [1.807, 2.05) is 6.07 Å². The largest absolute Gasteiger partial charge is 0.381 e. The van der Waals surface area contributed by atoms with E-state index >= 15 is 0 Å². The zero-order valence-corrected chi connectivity index (χ0v) is 11.4.